The molecule has 0 radical (unpaired) electrons. The van der Waals surface area contributed by atoms with Gasteiger partial charge in [-0.2, -0.15) is 5.10 Å². The van der Waals surface area contributed by atoms with Crippen LogP contribution >= 0.6 is 0 Å². The molecule has 0 aliphatic rings. The van der Waals surface area contributed by atoms with E-state index in [1.165, 1.54) is 6.20 Å². The van der Waals surface area contributed by atoms with Crippen molar-refractivity contribution in [1.29, 1.82) is 0 Å². The largest absolute Gasteiger partial charge is 0.347 e. The molecule has 2 aromatic heterocycles. The van der Waals surface area contributed by atoms with E-state index in [0.29, 0.717) is 17.8 Å². The van der Waals surface area contributed by atoms with Gasteiger partial charge in [-0.1, -0.05) is 30.3 Å². The summed E-state index contributed by atoms with van der Waals surface area (Å²) in [6, 6.07) is 13.3. The van der Waals surface area contributed by atoms with Gasteiger partial charge >= 0.3 is 0 Å². The quantitative estimate of drug-likeness (QED) is 0.711. The second-order valence-electron chi connectivity index (χ2n) is 5.70. The lowest BCUT2D eigenvalue weighted by molar-refractivity contribution is 0.0841. The summed E-state index contributed by atoms with van der Waals surface area (Å²) in [5.74, 6) is -0.783. The van der Waals surface area contributed by atoms with Crippen LogP contribution < -0.4 is 10.9 Å². The number of rotatable bonds is 4. The molecule has 7 heteroatoms. The van der Waals surface area contributed by atoms with Gasteiger partial charge in [-0.3, -0.25) is 25.1 Å². The zero-order chi connectivity index (χ0) is 17.8. The number of nitrogens with one attached hydrogen (secondary N) is 2. The molecule has 128 valence electrons. The Kier molecular flexibility index (Phi) is 4.65. The maximum absolute atomic E-state index is 12.3. The van der Waals surface area contributed by atoms with Gasteiger partial charge in [-0.25, -0.2) is 0 Å². The molecule has 0 aliphatic carbocycles. The normalized spacial score (nSPS) is 10.5. The number of aromatic nitrogens is 3. The van der Waals surface area contributed by atoms with E-state index in [1.54, 1.807) is 34.6 Å². The Bertz CT molecular complexity index is 895. The minimum atomic E-state index is -0.403. The lowest BCUT2D eigenvalue weighted by Crippen LogP contribution is -2.42. The topological polar surface area (TPSA) is 81.0 Å². The van der Waals surface area contributed by atoms with Crippen LogP contribution in [0.15, 0.2) is 54.9 Å². The smallest absolute Gasteiger partial charge is 0.286 e. The van der Waals surface area contributed by atoms with Crippen LogP contribution in [0.2, 0.25) is 0 Å². The second kappa shape index (κ2) is 7.04. The molecule has 0 bridgehead atoms. The van der Waals surface area contributed by atoms with Crippen molar-refractivity contribution in [3.05, 3.63) is 77.4 Å². The van der Waals surface area contributed by atoms with Gasteiger partial charge in [-0.05, 0) is 24.6 Å². The van der Waals surface area contributed by atoms with E-state index in [1.807, 2.05) is 37.3 Å². The molecule has 25 heavy (non-hydrogen) atoms. The van der Waals surface area contributed by atoms with Gasteiger partial charge in [0.05, 0.1) is 18.3 Å². The van der Waals surface area contributed by atoms with Gasteiger partial charge < -0.3 is 4.57 Å². The Morgan fingerprint density at radius 1 is 1.04 bits per heavy atom. The van der Waals surface area contributed by atoms with E-state index in [4.69, 9.17) is 0 Å². The van der Waals surface area contributed by atoms with Crippen LogP contribution in [-0.4, -0.2) is 26.2 Å². The fourth-order valence-electron chi connectivity index (χ4n) is 2.53. The summed E-state index contributed by atoms with van der Waals surface area (Å²) in [4.78, 5) is 24.3. The van der Waals surface area contributed by atoms with Crippen LogP contribution in [0.25, 0.3) is 0 Å². The molecule has 0 unspecified atom stereocenters. The van der Waals surface area contributed by atoms with Crippen LogP contribution in [0, 0.1) is 6.92 Å². The average molecular weight is 337 g/mol. The lowest BCUT2D eigenvalue weighted by Gasteiger charge is -2.08. The predicted octanol–water partition coefficient (Wildman–Crippen LogP) is 1.65. The number of hydrogen-bond donors (Lipinski definition) is 2. The molecule has 1 aromatic carbocycles. The van der Waals surface area contributed by atoms with Gasteiger partial charge in [0, 0.05) is 18.9 Å². The Balaban J connectivity index is 1.65. The molecule has 2 N–H and O–H groups in total. The van der Waals surface area contributed by atoms with Gasteiger partial charge in [0.1, 0.15) is 5.69 Å². The Labute approximate surface area is 145 Å². The number of hydrazine groups is 1. The zero-order valence-corrected chi connectivity index (χ0v) is 14.1. The molecule has 7 nitrogen and oxygen atoms in total. The highest BCUT2D eigenvalue weighted by molar-refractivity contribution is 5.98. The summed E-state index contributed by atoms with van der Waals surface area (Å²) >= 11 is 0. The number of carbonyl (C=O) groups excluding carboxylic acids is 2. The monoisotopic (exact) mass is 337 g/mol. The number of carbonyl (C=O) groups is 2. The van der Waals surface area contributed by atoms with Crippen LogP contribution in [-0.2, 0) is 13.6 Å². The first kappa shape index (κ1) is 16.5. The van der Waals surface area contributed by atoms with Crippen LogP contribution in [0.4, 0.5) is 0 Å². The first-order chi connectivity index (χ1) is 12.1. The van der Waals surface area contributed by atoms with Crippen molar-refractivity contribution in [2.75, 3.05) is 0 Å². The standard InChI is InChI=1S/C18H19N5O2/c1-13-15(11-19-23(13)12-14-7-4-3-5-8-14)17(24)20-21-18(25)16-9-6-10-22(16)2/h3-11H,12H2,1-2H3,(H,20,24)(H,21,25). The maximum atomic E-state index is 12.3. The summed E-state index contributed by atoms with van der Waals surface area (Å²) in [5, 5.41) is 4.26. The van der Waals surface area contributed by atoms with E-state index in [2.05, 4.69) is 16.0 Å². The molecule has 0 saturated heterocycles. The molecule has 0 spiro atoms. The molecule has 0 fully saturated rings. The maximum Gasteiger partial charge on any atom is 0.286 e. The Morgan fingerprint density at radius 3 is 2.44 bits per heavy atom. The molecule has 3 rings (SSSR count). The van der Waals surface area contributed by atoms with Gasteiger partial charge in [0.2, 0.25) is 0 Å². The molecule has 0 saturated carbocycles. The highest BCUT2D eigenvalue weighted by Crippen LogP contribution is 2.10. The van der Waals surface area contributed by atoms with Crippen molar-refractivity contribution >= 4 is 11.8 Å². The van der Waals surface area contributed by atoms with Gasteiger partial charge in [0.25, 0.3) is 11.8 Å². The third-order valence-electron chi connectivity index (χ3n) is 3.99. The average Bonchev–Trinajstić information content (AvgIpc) is 3.20. The van der Waals surface area contributed by atoms with Crippen molar-refractivity contribution in [3.8, 4) is 0 Å². The number of benzene rings is 1. The number of hydrogen-bond acceptors (Lipinski definition) is 3. The zero-order valence-electron chi connectivity index (χ0n) is 14.1. The Morgan fingerprint density at radius 2 is 1.76 bits per heavy atom. The summed E-state index contributed by atoms with van der Waals surface area (Å²) in [6.07, 6.45) is 3.26. The van der Waals surface area contributed by atoms with Crippen LogP contribution in [0.5, 0.6) is 0 Å². The second-order valence-corrected chi connectivity index (χ2v) is 5.70. The third-order valence-corrected chi connectivity index (χ3v) is 3.99. The molecule has 2 heterocycles. The van der Waals surface area contributed by atoms with Crippen molar-refractivity contribution in [3.63, 3.8) is 0 Å². The number of nitrogens with zero attached hydrogens (tertiary/aromatic N) is 3. The summed E-state index contributed by atoms with van der Waals surface area (Å²) in [7, 11) is 1.76. The third kappa shape index (κ3) is 3.60. The molecular weight excluding hydrogens is 318 g/mol. The Hall–Kier alpha value is -3.35. The van der Waals surface area contributed by atoms with Crippen LogP contribution in [0.3, 0.4) is 0 Å². The van der Waals surface area contributed by atoms with Crippen molar-refractivity contribution in [1.82, 2.24) is 25.2 Å². The van der Waals surface area contributed by atoms with Gasteiger partial charge in [0.15, 0.2) is 0 Å². The number of amides is 2. The summed E-state index contributed by atoms with van der Waals surface area (Å²) in [6.45, 7) is 2.40. The van der Waals surface area contributed by atoms with Crippen molar-refractivity contribution in [2.24, 2.45) is 7.05 Å². The molecule has 0 aliphatic heterocycles. The minimum Gasteiger partial charge on any atom is -0.347 e. The fourth-order valence-corrected chi connectivity index (χ4v) is 2.53. The highest BCUT2D eigenvalue weighted by Gasteiger charge is 2.16. The molecule has 0 atom stereocenters. The van der Waals surface area contributed by atoms with E-state index in [9.17, 15) is 9.59 Å². The minimum absolute atomic E-state index is 0.379. The molecule has 3 aromatic rings. The summed E-state index contributed by atoms with van der Waals surface area (Å²) in [5.41, 5.74) is 7.54. The molecular formula is C18H19N5O2. The fraction of sp³-hybridized carbons (Fsp3) is 0.167. The first-order valence-corrected chi connectivity index (χ1v) is 7.84. The highest BCUT2D eigenvalue weighted by atomic mass is 16.2. The SMILES string of the molecule is Cc1c(C(=O)NNC(=O)c2cccn2C)cnn1Cc1ccccc1. The van der Waals surface area contributed by atoms with Gasteiger partial charge in [-0.15, -0.1) is 0 Å². The van der Waals surface area contributed by atoms with Crippen LogP contribution in [0.1, 0.15) is 32.1 Å². The number of aryl methyl sites for hydroxylation is 1. The summed E-state index contributed by atoms with van der Waals surface area (Å²) < 4.78 is 3.42. The van der Waals surface area contributed by atoms with E-state index >= 15 is 0 Å². The molecule has 2 amide bonds. The van der Waals surface area contributed by atoms with Crippen molar-refractivity contribution in [2.45, 2.75) is 13.5 Å². The van der Waals surface area contributed by atoms with Crippen molar-refractivity contribution < 1.29 is 9.59 Å². The first-order valence-electron chi connectivity index (χ1n) is 7.84. The van der Waals surface area contributed by atoms with E-state index in [-0.39, 0.29) is 5.91 Å². The predicted molar refractivity (Wildman–Crippen MR) is 92.9 cm³/mol. The van der Waals surface area contributed by atoms with E-state index < -0.39 is 5.91 Å². The lowest BCUT2D eigenvalue weighted by atomic mass is 10.2. The van der Waals surface area contributed by atoms with E-state index in [0.717, 1.165) is 11.3 Å².